The van der Waals surface area contributed by atoms with Crippen molar-refractivity contribution in [3.8, 4) is 11.3 Å². The summed E-state index contributed by atoms with van der Waals surface area (Å²) in [5, 5.41) is 9.03. The van der Waals surface area contributed by atoms with E-state index in [1.165, 1.54) is 35.2 Å². The molecular formula is C18H17FN4O2S2. The quantitative estimate of drug-likeness (QED) is 0.426. The van der Waals surface area contributed by atoms with Crippen LogP contribution in [0.5, 0.6) is 0 Å². The lowest BCUT2D eigenvalue weighted by Gasteiger charge is -2.17. The maximum atomic E-state index is 13.0. The number of aromatic nitrogens is 3. The van der Waals surface area contributed by atoms with Crippen LogP contribution in [0.1, 0.15) is 32.1 Å². The van der Waals surface area contributed by atoms with Gasteiger partial charge < -0.3 is 4.42 Å². The first kappa shape index (κ1) is 18.1. The van der Waals surface area contributed by atoms with Gasteiger partial charge in [-0.1, -0.05) is 30.0 Å². The molecule has 0 radical (unpaired) electrons. The van der Waals surface area contributed by atoms with Crippen LogP contribution in [-0.4, -0.2) is 27.1 Å². The molecule has 1 amide bonds. The standard InChI is InChI=1S/C18H17FN4O2S2/c1-2-16(24)23(13-7-8-13)17-21-22-18(27-17)26-10-15-20-9-14(25-15)11-3-5-12(19)6-4-11/h3-6,9,13H,2,7-8,10H2,1H3. The number of hydrogen-bond donors (Lipinski definition) is 0. The van der Waals surface area contributed by atoms with E-state index in [0.29, 0.717) is 29.0 Å². The monoisotopic (exact) mass is 404 g/mol. The zero-order chi connectivity index (χ0) is 18.8. The Balaban J connectivity index is 1.40. The van der Waals surface area contributed by atoms with E-state index in [1.807, 2.05) is 6.92 Å². The average molecular weight is 404 g/mol. The number of benzene rings is 1. The number of rotatable bonds is 7. The van der Waals surface area contributed by atoms with Crippen LogP contribution in [0.25, 0.3) is 11.3 Å². The summed E-state index contributed by atoms with van der Waals surface area (Å²) in [5.74, 6) is 1.45. The molecule has 0 spiro atoms. The van der Waals surface area contributed by atoms with Gasteiger partial charge >= 0.3 is 0 Å². The second-order valence-electron chi connectivity index (χ2n) is 6.11. The zero-order valence-corrected chi connectivity index (χ0v) is 16.2. The number of amides is 1. The van der Waals surface area contributed by atoms with Crippen LogP contribution in [0.4, 0.5) is 9.52 Å². The predicted molar refractivity (Wildman–Crippen MR) is 102 cm³/mol. The van der Waals surface area contributed by atoms with Crippen LogP contribution in [-0.2, 0) is 10.5 Å². The third kappa shape index (κ3) is 4.19. The minimum atomic E-state index is -0.289. The van der Waals surface area contributed by atoms with Gasteiger partial charge in [-0.2, -0.15) is 0 Å². The van der Waals surface area contributed by atoms with Crippen LogP contribution in [0.3, 0.4) is 0 Å². The second-order valence-corrected chi connectivity index (χ2v) is 8.29. The molecule has 6 nitrogen and oxygen atoms in total. The first-order chi connectivity index (χ1) is 13.1. The summed E-state index contributed by atoms with van der Waals surface area (Å²) in [6.45, 7) is 1.86. The molecule has 0 unspecified atom stereocenters. The van der Waals surface area contributed by atoms with E-state index < -0.39 is 0 Å². The fourth-order valence-electron chi connectivity index (χ4n) is 2.58. The third-order valence-corrected chi connectivity index (χ3v) is 6.13. The minimum absolute atomic E-state index is 0.0850. The second kappa shape index (κ2) is 7.77. The molecule has 1 saturated carbocycles. The smallest absolute Gasteiger partial charge is 0.228 e. The molecule has 0 aliphatic heterocycles. The maximum Gasteiger partial charge on any atom is 0.228 e. The number of thioether (sulfide) groups is 1. The molecule has 3 aromatic rings. The fourth-order valence-corrected chi connectivity index (χ4v) is 4.36. The number of oxazole rings is 1. The lowest BCUT2D eigenvalue weighted by atomic mass is 10.2. The predicted octanol–water partition coefficient (Wildman–Crippen LogP) is 4.53. The van der Waals surface area contributed by atoms with E-state index in [4.69, 9.17) is 4.42 Å². The van der Waals surface area contributed by atoms with Gasteiger partial charge in [0, 0.05) is 18.0 Å². The van der Waals surface area contributed by atoms with Gasteiger partial charge in [0.25, 0.3) is 0 Å². The van der Waals surface area contributed by atoms with Gasteiger partial charge in [-0.15, -0.1) is 10.2 Å². The number of nitrogens with zero attached hydrogens (tertiary/aromatic N) is 4. The molecule has 4 rings (SSSR count). The van der Waals surface area contributed by atoms with Gasteiger partial charge in [-0.3, -0.25) is 9.69 Å². The summed E-state index contributed by atoms with van der Waals surface area (Å²) in [4.78, 5) is 18.2. The van der Waals surface area contributed by atoms with E-state index in [0.717, 1.165) is 22.7 Å². The Morgan fingerprint density at radius 3 is 2.81 bits per heavy atom. The first-order valence-corrected chi connectivity index (χ1v) is 10.4. The number of carbonyl (C=O) groups is 1. The molecular weight excluding hydrogens is 387 g/mol. The lowest BCUT2D eigenvalue weighted by molar-refractivity contribution is -0.118. The maximum absolute atomic E-state index is 13.0. The molecule has 1 fully saturated rings. The molecule has 1 aliphatic rings. The van der Waals surface area contributed by atoms with Gasteiger partial charge in [-0.25, -0.2) is 9.37 Å². The Bertz CT molecular complexity index is 937. The molecule has 0 atom stereocenters. The summed E-state index contributed by atoms with van der Waals surface area (Å²) < 4.78 is 19.5. The summed E-state index contributed by atoms with van der Waals surface area (Å²) in [5.41, 5.74) is 0.775. The topological polar surface area (TPSA) is 72.1 Å². The van der Waals surface area contributed by atoms with E-state index >= 15 is 0 Å². The van der Waals surface area contributed by atoms with Crippen molar-refractivity contribution in [3.63, 3.8) is 0 Å². The number of hydrogen-bond acceptors (Lipinski definition) is 7. The summed E-state index contributed by atoms with van der Waals surface area (Å²) in [7, 11) is 0. The number of halogens is 1. The third-order valence-electron chi connectivity index (χ3n) is 4.09. The van der Waals surface area contributed by atoms with Crippen LogP contribution in [0.2, 0.25) is 0 Å². The Labute approximate surface area is 163 Å². The Kier molecular flexibility index (Phi) is 5.22. The van der Waals surface area contributed by atoms with Crippen LogP contribution < -0.4 is 4.90 Å². The molecule has 9 heteroatoms. The van der Waals surface area contributed by atoms with Gasteiger partial charge in [-0.05, 0) is 37.1 Å². The molecule has 27 heavy (non-hydrogen) atoms. The minimum Gasteiger partial charge on any atom is -0.440 e. The van der Waals surface area contributed by atoms with Crippen LogP contribution in [0, 0.1) is 5.82 Å². The summed E-state index contributed by atoms with van der Waals surface area (Å²) in [6, 6.07) is 6.35. The number of anilines is 1. The highest BCUT2D eigenvalue weighted by atomic mass is 32.2. The highest BCUT2D eigenvalue weighted by molar-refractivity contribution is 8.00. The Morgan fingerprint density at radius 1 is 1.33 bits per heavy atom. The summed E-state index contributed by atoms with van der Waals surface area (Å²) >= 11 is 2.88. The lowest BCUT2D eigenvalue weighted by Crippen LogP contribution is -2.32. The molecule has 1 aliphatic carbocycles. The molecule has 0 N–H and O–H groups in total. The van der Waals surface area contributed by atoms with Crippen molar-refractivity contribution in [3.05, 3.63) is 42.2 Å². The van der Waals surface area contributed by atoms with Crippen molar-refractivity contribution in [1.82, 2.24) is 15.2 Å². The van der Waals surface area contributed by atoms with Crippen molar-refractivity contribution in [2.45, 2.75) is 42.3 Å². The van der Waals surface area contributed by atoms with Gasteiger partial charge in [0.1, 0.15) is 5.82 Å². The van der Waals surface area contributed by atoms with Gasteiger partial charge in [0.15, 0.2) is 10.1 Å². The Morgan fingerprint density at radius 2 is 2.11 bits per heavy atom. The zero-order valence-electron chi connectivity index (χ0n) is 14.6. The molecule has 1 aromatic carbocycles. The summed E-state index contributed by atoms with van der Waals surface area (Å²) in [6.07, 6.45) is 4.14. The van der Waals surface area contributed by atoms with E-state index in [9.17, 15) is 9.18 Å². The SMILES string of the molecule is CCC(=O)N(c1nnc(SCc2ncc(-c3ccc(F)cc3)o2)s1)C1CC1. The van der Waals surface area contributed by atoms with Crippen molar-refractivity contribution in [2.24, 2.45) is 0 Å². The van der Waals surface area contributed by atoms with Crippen LogP contribution in [0.15, 0.2) is 39.2 Å². The van der Waals surface area contributed by atoms with Crippen molar-refractivity contribution in [2.75, 3.05) is 4.90 Å². The molecule has 0 bridgehead atoms. The molecule has 2 heterocycles. The fraction of sp³-hybridized carbons (Fsp3) is 0.333. The Hall–Kier alpha value is -2.26. The highest BCUT2D eigenvalue weighted by Crippen LogP contribution is 2.37. The average Bonchev–Trinajstić information content (AvgIpc) is 3.20. The van der Waals surface area contributed by atoms with E-state index in [2.05, 4.69) is 15.2 Å². The van der Waals surface area contributed by atoms with E-state index in [1.54, 1.807) is 23.2 Å². The van der Waals surface area contributed by atoms with E-state index in [-0.39, 0.29) is 17.8 Å². The van der Waals surface area contributed by atoms with Gasteiger partial charge in [0.2, 0.25) is 16.9 Å². The first-order valence-electron chi connectivity index (χ1n) is 8.63. The van der Waals surface area contributed by atoms with Crippen LogP contribution >= 0.6 is 23.1 Å². The molecule has 2 aromatic heterocycles. The number of carbonyl (C=O) groups excluding carboxylic acids is 1. The van der Waals surface area contributed by atoms with Crippen molar-refractivity contribution >= 4 is 34.1 Å². The van der Waals surface area contributed by atoms with Crippen molar-refractivity contribution < 1.29 is 13.6 Å². The van der Waals surface area contributed by atoms with Gasteiger partial charge in [0.05, 0.1) is 11.9 Å². The normalized spacial score (nSPS) is 13.7. The molecule has 140 valence electrons. The largest absolute Gasteiger partial charge is 0.440 e. The van der Waals surface area contributed by atoms with Crippen molar-refractivity contribution in [1.29, 1.82) is 0 Å². The highest BCUT2D eigenvalue weighted by Gasteiger charge is 2.35. The molecule has 0 saturated heterocycles.